The van der Waals surface area contributed by atoms with E-state index >= 15 is 0 Å². The topological polar surface area (TPSA) is 77.0 Å². The third-order valence-corrected chi connectivity index (χ3v) is 6.15. The first kappa shape index (κ1) is 25.2. The van der Waals surface area contributed by atoms with Crippen molar-refractivity contribution < 1.29 is 4.79 Å². The first-order chi connectivity index (χ1) is 15.7. The number of amides is 1. The Bertz CT molecular complexity index is 888. The molecule has 0 spiro atoms. The number of benzene rings is 1. The van der Waals surface area contributed by atoms with Crippen LogP contribution in [0.25, 0.3) is 0 Å². The van der Waals surface area contributed by atoms with Crippen molar-refractivity contribution in [1.82, 2.24) is 25.1 Å². The van der Waals surface area contributed by atoms with Gasteiger partial charge in [-0.25, -0.2) is 9.97 Å². The number of piperazine rings is 1. The van der Waals surface area contributed by atoms with Crippen molar-refractivity contribution in [3.8, 4) is 0 Å². The van der Waals surface area contributed by atoms with Gasteiger partial charge in [-0.05, 0) is 25.0 Å². The van der Waals surface area contributed by atoms with Crippen LogP contribution in [0, 0.1) is 0 Å². The third-order valence-electron chi connectivity index (χ3n) is 6.15. The Kier molecular flexibility index (Phi) is 9.71. The molecule has 2 aliphatic heterocycles. The van der Waals surface area contributed by atoms with Gasteiger partial charge in [0.25, 0.3) is 0 Å². The Morgan fingerprint density at radius 3 is 2.45 bits per heavy atom. The summed E-state index contributed by atoms with van der Waals surface area (Å²) in [5.74, 6) is 2.36. The predicted octanol–water partition coefficient (Wildman–Crippen LogP) is 2.59. The largest absolute Gasteiger partial charge is 0.357 e. The molecular formula is C24H34IN7O. The summed E-state index contributed by atoms with van der Waals surface area (Å²) in [6.07, 6.45) is 5.07. The summed E-state index contributed by atoms with van der Waals surface area (Å²) in [6.45, 7) is 8.29. The van der Waals surface area contributed by atoms with Crippen LogP contribution in [0.1, 0.15) is 31.2 Å². The summed E-state index contributed by atoms with van der Waals surface area (Å²) in [4.78, 5) is 32.5. The van der Waals surface area contributed by atoms with E-state index in [0.717, 1.165) is 51.1 Å². The van der Waals surface area contributed by atoms with Gasteiger partial charge in [0.05, 0.1) is 6.54 Å². The summed E-state index contributed by atoms with van der Waals surface area (Å²) in [7, 11) is 0. The molecule has 178 valence electrons. The Morgan fingerprint density at radius 2 is 1.76 bits per heavy atom. The minimum absolute atomic E-state index is 0. The summed E-state index contributed by atoms with van der Waals surface area (Å²) in [5.41, 5.74) is 1.39. The fourth-order valence-electron chi connectivity index (χ4n) is 4.40. The number of nitrogens with one attached hydrogen (secondary N) is 1. The molecule has 2 aromatic rings. The van der Waals surface area contributed by atoms with Gasteiger partial charge in [-0.2, -0.15) is 0 Å². The maximum atomic E-state index is 12.7. The number of halogens is 1. The van der Waals surface area contributed by atoms with Crippen LogP contribution >= 0.6 is 24.0 Å². The Balaban J connectivity index is 0.00000306. The van der Waals surface area contributed by atoms with E-state index in [1.54, 1.807) is 12.4 Å². The van der Waals surface area contributed by atoms with Crippen LogP contribution < -0.4 is 10.2 Å². The number of carbonyl (C=O) groups is 1. The highest BCUT2D eigenvalue weighted by Gasteiger charge is 2.26. The highest BCUT2D eigenvalue weighted by atomic mass is 127. The quantitative estimate of drug-likeness (QED) is 0.331. The van der Waals surface area contributed by atoms with Gasteiger partial charge in [-0.3, -0.25) is 9.79 Å². The lowest BCUT2D eigenvalue weighted by molar-refractivity contribution is -0.131. The van der Waals surface area contributed by atoms with Gasteiger partial charge in [-0.15, -0.1) is 24.0 Å². The summed E-state index contributed by atoms with van der Waals surface area (Å²) < 4.78 is 0. The molecule has 0 bridgehead atoms. The van der Waals surface area contributed by atoms with E-state index < -0.39 is 0 Å². The lowest BCUT2D eigenvalue weighted by atomic mass is 9.99. The lowest BCUT2D eigenvalue weighted by Gasteiger charge is -2.34. The highest BCUT2D eigenvalue weighted by Crippen LogP contribution is 2.26. The molecule has 8 nitrogen and oxygen atoms in total. The zero-order valence-electron chi connectivity index (χ0n) is 19.3. The van der Waals surface area contributed by atoms with Gasteiger partial charge in [0, 0.05) is 70.5 Å². The number of rotatable bonds is 6. The van der Waals surface area contributed by atoms with E-state index in [-0.39, 0.29) is 29.9 Å². The van der Waals surface area contributed by atoms with Gasteiger partial charge in [0.1, 0.15) is 0 Å². The number of anilines is 1. The van der Waals surface area contributed by atoms with Gasteiger partial charge in [0.2, 0.25) is 11.9 Å². The second kappa shape index (κ2) is 12.7. The predicted molar refractivity (Wildman–Crippen MR) is 142 cm³/mol. The number of likely N-dealkylation sites (tertiary alicyclic amines) is 1. The highest BCUT2D eigenvalue weighted by molar-refractivity contribution is 14.0. The number of guanidine groups is 1. The van der Waals surface area contributed by atoms with E-state index in [2.05, 4.69) is 62.3 Å². The number of carbonyl (C=O) groups excluding carboxylic acids is 1. The standard InChI is InChI=1S/C24H33N7O.HI/c1-2-25-23(31-14-10-21(19-31)20-7-4-3-5-8-20)28-13-9-22(32)29-15-17-30(18-16-29)24-26-11-6-12-27-24;/h3-8,11-12,21H,2,9-10,13-19H2,1H3,(H,25,28);1H. The Labute approximate surface area is 213 Å². The fraction of sp³-hybridized carbons (Fsp3) is 0.500. The van der Waals surface area contributed by atoms with Crippen LogP contribution in [-0.4, -0.2) is 84.0 Å². The average Bonchev–Trinajstić information content (AvgIpc) is 3.35. The summed E-state index contributed by atoms with van der Waals surface area (Å²) in [6, 6.07) is 12.5. The zero-order chi connectivity index (χ0) is 22.2. The molecule has 2 fully saturated rings. The smallest absolute Gasteiger partial charge is 0.225 e. The molecule has 2 aliphatic rings. The van der Waals surface area contributed by atoms with Crippen LogP contribution in [-0.2, 0) is 4.79 Å². The molecule has 1 unspecified atom stereocenters. The molecular weight excluding hydrogens is 529 g/mol. The monoisotopic (exact) mass is 563 g/mol. The normalized spacial score (nSPS) is 18.8. The van der Waals surface area contributed by atoms with Crippen LogP contribution in [0.5, 0.6) is 0 Å². The average molecular weight is 563 g/mol. The van der Waals surface area contributed by atoms with E-state index in [4.69, 9.17) is 4.99 Å². The molecule has 33 heavy (non-hydrogen) atoms. The number of aliphatic imine (C=N–C) groups is 1. The van der Waals surface area contributed by atoms with E-state index in [9.17, 15) is 4.79 Å². The van der Waals surface area contributed by atoms with Crippen molar-refractivity contribution in [3.63, 3.8) is 0 Å². The first-order valence-corrected chi connectivity index (χ1v) is 11.6. The molecule has 3 heterocycles. The van der Waals surface area contributed by atoms with Gasteiger partial charge >= 0.3 is 0 Å². The van der Waals surface area contributed by atoms with Crippen molar-refractivity contribution >= 4 is 41.8 Å². The lowest BCUT2D eigenvalue weighted by Crippen LogP contribution is -2.49. The van der Waals surface area contributed by atoms with Crippen LogP contribution in [0.4, 0.5) is 5.95 Å². The minimum atomic E-state index is 0. The SMILES string of the molecule is CCNC(=NCCC(=O)N1CCN(c2ncccn2)CC1)N1CCC(c2ccccc2)C1.I. The van der Waals surface area contributed by atoms with E-state index in [0.29, 0.717) is 32.0 Å². The van der Waals surface area contributed by atoms with Crippen LogP contribution in [0.15, 0.2) is 53.8 Å². The maximum absolute atomic E-state index is 12.7. The molecule has 2 saturated heterocycles. The summed E-state index contributed by atoms with van der Waals surface area (Å²) >= 11 is 0. The maximum Gasteiger partial charge on any atom is 0.225 e. The molecule has 4 rings (SSSR count). The molecule has 1 aromatic carbocycles. The summed E-state index contributed by atoms with van der Waals surface area (Å²) in [5, 5.41) is 3.40. The van der Waals surface area contributed by atoms with Gasteiger partial charge < -0.3 is 20.0 Å². The number of hydrogen-bond donors (Lipinski definition) is 1. The number of hydrogen-bond acceptors (Lipinski definition) is 5. The first-order valence-electron chi connectivity index (χ1n) is 11.6. The molecule has 1 amide bonds. The fourth-order valence-corrected chi connectivity index (χ4v) is 4.40. The van der Waals surface area contributed by atoms with E-state index in [1.807, 2.05) is 11.0 Å². The van der Waals surface area contributed by atoms with E-state index in [1.165, 1.54) is 5.56 Å². The second-order valence-corrected chi connectivity index (χ2v) is 8.24. The third kappa shape index (κ3) is 6.78. The Hall–Kier alpha value is -2.43. The van der Waals surface area contributed by atoms with Crippen LogP contribution in [0.3, 0.4) is 0 Å². The number of aromatic nitrogens is 2. The second-order valence-electron chi connectivity index (χ2n) is 8.24. The molecule has 9 heteroatoms. The van der Waals surface area contributed by atoms with Gasteiger partial charge in [0.15, 0.2) is 5.96 Å². The zero-order valence-corrected chi connectivity index (χ0v) is 21.6. The number of nitrogens with zero attached hydrogens (tertiary/aromatic N) is 6. The molecule has 1 N–H and O–H groups in total. The Morgan fingerprint density at radius 1 is 1.03 bits per heavy atom. The molecule has 0 saturated carbocycles. The minimum Gasteiger partial charge on any atom is -0.357 e. The van der Waals surface area contributed by atoms with Crippen molar-refractivity contribution in [2.24, 2.45) is 4.99 Å². The van der Waals surface area contributed by atoms with Crippen molar-refractivity contribution in [1.29, 1.82) is 0 Å². The van der Waals surface area contributed by atoms with Crippen molar-refractivity contribution in [2.45, 2.75) is 25.7 Å². The van der Waals surface area contributed by atoms with Crippen molar-refractivity contribution in [2.75, 3.05) is 57.3 Å². The van der Waals surface area contributed by atoms with Crippen LogP contribution in [0.2, 0.25) is 0 Å². The molecule has 1 atom stereocenters. The molecule has 1 aromatic heterocycles. The van der Waals surface area contributed by atoms with Crippen molar-refractivity contribution in [3.05, 3.63) is 54.4 Å². The molecule has 0 radical (unpaired) electrons. The van der Waals surface area contributed by atoms with Gasteiger partial charge in [-0.1, -0.05) is 30.3 Å². The molecule has 0 aliphatic carbocycles.